The molecule has 0 N–H and O–H groups in total. The highest BCUT2D eigenvalue weighted by atomic mass is 79.9. The van der Waals surface area contributed by atoms with Gasteiger partial charge in [-0.05, 0) is 24.1 Å². The number of Topliss-reactive ketones (excluding diaryl/α,β-unsaturated/α-hetero) is 1. The van der Waals surface area contributed by atoms with Crippen LogP contribution in [0.15, 0.2) is 40.4 Å². The summed E-state index contributed by atoms with van der Waals surface area (Å²) in [4.78, 5) is 11.6. The van der Waals surface area contributed by atoms with Gasteiger partial charge in [-0.2, -0.15) is 8.78 Å². The van der Waals surface area contributed by atoms with Gasteiger partial charge < -0.3 is 0 Å². The van der Waals surface area contributed by atoms with Crippen LogP contribution < -0.4 is 0 Å². The molecule has 1 aromatic carbocycles. The second-order valence-corrected chi connectivity index (χ2v) is 6.09. The molecule has 0 aliphatic heterocycles. The van der Waals surface area contributed by atoms with Crippen LogP contribution in [-0.4, -0.2) is 11.7 Å². The number of carbonyl (C=O) groups excluding carboxylic acids is 1. The third kappa shape index (κ3) is 1.97. The van der Waals surface area contributed by atoms with E-state index in [1.807, 2.05) is 6.08 Å². The van der Waals surface area contributed by atoms with Crippen LogP contribution in [0.3, 0.4) is 0 Å². The molecule has 0 spiro atoms. The molecule has 1 nitrogen and oxygen atoms in total. The fourth-order valence-electron chi connectivity index (χ4n) is 2.81. The van der Waals surface area contributed by atoms with Crippen molar-refractivity contribution < 1.29 is 13.6 Å². The maximum absolute atomic E-state index is 14.5. The molecule has 0 bridgehead atoms. The maximum Gasteiger partial charge on any atom is 0.295 e. The number of hydrogen-bond donors (Lipinski definition) is 0. The van der Waals surface area contributed by atoms with Gasteiger partial charge >= 0.3 is 0 Å². The van der Waals surface area contributed by atoms with Gasteiger partial charge in [0.25, 0.3) is 5.92 Å². The average Bonchev–Trinajstić information content (AvgIpc) is 2.66. The van der Waals surface area contributed by atoms with Crippen molar-refractivity contribution in [3.8, 4) is 0 Å². The monoisotopic (exact) mass is 358 g/mol. The topological polar surface area (TPSA) is 17.1 Å². The first kappa shape index (κ1) is 14.0. The minimum atomic E-state index is -3.03. The minimum absolute atomic E-state index is 0.0692. The van der Waals surface area contributed by atoms with Crippen LogP contribution in [0.4, 0.5) is 8.78 Å². The predicted octanol–water partition coefficient (Wildman–Crippen LogP) is 4.91. The molecule has 0 aromatic heterocycles. The first-order chi connectivity index (χ1) is 9.45. The lowest BCUT2D eigenvalue weighted by Gasteiger charge is -2.19. The van der Waals surface area contributed by atoms with Gasteiger partial charge in [0.15, 0.2) is 5.78 Å². The van der Waals surface area contributed by atoms with Gasteiger partial charge in [-0.3, -0.25) is 4.79 Å². The van der Waals surface area contributed by atoms with Crippen molar-refractivity contribution in [1.82, 2.24) is 0 Å². The number of benzene rings is 1. The molecular formula is C15H10BrClF2O. The number of alkyl halides is 3. The summed E-state index contributed by atoms with van der Waals surface area (Å²) < 4.78 is 29.7. The van der Waals surface area contributed by atoms with Gasteiger partial charge in [-0.15, -0.1) is 11.6 Å². The van der Waals surface area contributed by atoms with Crippen LogP contribution in [0.2, 0.25) is 0 Å². The predicted molar refractivity (Wildman–Crippen MR) is 77.8 cm³/mol. The molecule has 2 aliphatic carbocycles. The molecule has 5 heteroatoms. The summed E-state index contributed by atoms with van der Waals surface area (Å²) in [7, 11) is 0. The van der Waals surface area contributed by atoms with Gasteiger partial charge in [0.2, 0.25) is 0 Å². The van der Waals surface area contributed by atoms with Gasteiger partial charge in [0.1, 0.15) is 0 Å². The molecule has 0 radical (unpaired) electrons. The zero-order chi connectivity index (χ0) is 14.5. The minimum Gasteiger partial charge on any atom is -0.293 e. The van der Waals surface area contributed by atoms with Crippen molar-refractivity contribution >= 4 is 33.3 Å². The number of fused-ring (bicyclic) bond motifs is 3. The number of carbonyl (C=O) groups is 1. The van der Waals surface area contributed by atoms with Gasteiger partial charge in [-0.1, -0.05) is 34.1 Å². The molecule has 3 rings (SSSR count). The number of allylic oxidation sites excluding steroid dienone is 4. The molecule has 0 saturated carbocycles. The van der Waals surface area contributed by atoms with E-state index in [1.165, 1.54) is 12.1 Å². The first-order valence-electron chi connectivity index (χ1n) is 6.14. The van der Waals surface area contributed by atoms with Gasteiger partial charge in [0.05, 0.1) is 5.88 Å². The zero-order valence-electron chi connectivity index (χ0n) is 10.3. The number of halogens is 4. The van der Waals surface area contributed by atoms with E-state index in [0.29, 0.717) is 16.5 Å². The summed E-state index contributed by atoms with van der Waals surface area (Å²) in [6.07, 6.45) is 3.91. The van der Waals surface area contributed by atoms with Crippen LogP contribution in [-0.2, 0) is 5.92 Å². The van der Waals surface area contributed by atoms with E-state index in [1.54, 1.807) is 12.1 Å². The molecule has 0 heterocycles. The molecule has 104 valence electrons. The smallest absolute Gasteiger partial charge is 0.293 e. The van der Waals surface area contributed by atoms with Crippen molar-refractivity contribution in [3.05, 3.63) is 57.1 Å². The van der Waals surface area contributed by atoms with E-state index in [-0.39, 0.29) is 34.3 Å². The van der Waals surface area contributed by atoms with Crippen LogP contribution >= 0.6 is 27.5 Å². The second kappa shape index (κ2) is 4.78. The van der Waals surface area contributed by atoms with Crippen LogP contribution in [0.25, 0.3) is 0 Å². The van der Waals surface area contributed by atoms with Crippen molar-refractivity contribution in [3.63, 3.8) is 0 Å². The van der Waals surface area contributed by atoms with Crippen molar-refractivity contribution in [2.24, 2.45) is 0 Å². The number of rotatable bonds is 2. The Kier molecular flexibility index (Phi) is 3.33. The zero-order valence-corrected chi connectivity index (χ0v) is 12.6. The van der Waals surface area contributed by atoms with Gasteiger partial charge in [-0.25, -0.2) is 0 Å². The Hall–Kier alpha value is -1.00. The molecule has 0 fully saturated rings. The summed E-state index contributed by atoms with van der Waals surface area (Å²) in [6, 6.07) is 4.49. The Morgan fingerprint density at radius 1 is 1.45 bits per heavy atom. The fraction of sp³-hybridized carbons (Fsp3) is 0.267. The summed E-state index contributed by atoms with van der Waals surface area (Å²) >= 11 is 8.74. The lowest BCUT2D eigenvalue weighted by Crippen LogP contribution is -2.14. The lowest BCUT2D eigenvalue weighted by atomic mass is 9.90. The van der Waals surface area contributed by atoms with Gasteiger partial charge in [0, 0.05) is 27.1 Å². The Bertz CT molecular complexity index is 664. The van der Waals surface area contributed by atoms with Crippen molar-refractivity contribution in [2.45, 2.75) is 18.3 Å². The first-order valence-corrected chi connectivity index (χ1v) is 7.47. The maximum atomic E-state index is 14.5. The Balaban J connectivity index is 2.15. The third-order valence-electron chi connectivity index (χ3n) is 3.79. The second-order valence-electron chi connectivity index (χ2n) is 4.91. The van der Waals surface area contributed by atoms with E-state index < -0.39 is 5.92 Å². The lowest BCUT2D eigenvalue weighted by molar-refractivity contribution is 0.0412. The highest BCUT2D eigenvalue weighted by Crippen LogP contribution is 2.55. The summed E-state index contributed by atoms with van der Waals surface area (Å²) in [5, 5.41) is 0. The molecule has 1 atom stereocenters. The Morgan fingerprint density at radius 2 is 2.20 bits per heavy atom. The Morgan fingerprint density at radius 3 is 2.90 bits per heavy atom. The van der Waals surface area contributed by atoms with Crippen molar-refractivity contribution in [2.75, 3.05) is 5.88 Å². The Labute approximate surface area is 128 Å². The number of hydrogen-bond acceptors (Lipinski definition) is 1. The molecule has 20 heavy (non-hydrogen) atoms. The van der Waals surface area contributed by atoms with E-state index in [9.17, 15) is 13.6 Å². The molecular weight excluding hydrogens is 350 g/mol. The normalized spacial score (nSPS) is 22.7. The summed E-state index contributed by atoms with van der Waals surface area (Å²) in [5.41, 5.74) is 0.867. The molecule has 0 saturated heterocycles. The quantitative estimate of drug-likeness (QED) is 0.542. The van der Waals surface area contributed by atoms with Crippen LogP contribution in [0.1, 0.15) is 33.8 Å². The van der Waals surface area contributed by atoms with Crippen molar-refractivity contribution in [1.29, 1.82) is 0 Å². The fourth-order valence-corrected chi connectivity index (χ4v) is 3.40. The summed E-state index contributed by atoms with van der Waals surface area (Å²) in [6.45, 7) is 0. The highest BCUT2D eigenvalue weighted by molar-refractivity contribution is 9.11. The standard InChI is InChI=1S/C15H10BrClF2O/c16-9-2-4-11-10-3-1-8(14(20)7-17)5-12(10)15(18,19)13(11)6-9/h1-3,5-6,11H,4,7H2. The van der Waals surface area contributed by atoms with E-state index in [2.05, 4.69) is 15.9 Å². The van der Waals surface area contributed by atoms with Crippen LogP contribution in [0, 0.1) is 0 Å². The SMILES string of the molecule is O=C(CCl)c1ccc2c(c1)C(F)(F)C1=CC(Br)=CCC12. The average molecular weight is 360 g/mol. The molecule has 1 unspecified atom stereocenters. The van der Waals surface area contributed by atoms with E-state index in [4.69, 9.17) is 11.6 Å². The summed E-state index contributed by atoms with van der Waals surface area (Å²) in [5.74, 6) is -3.88. The largest absolute Gasteiger partial charge is 0.295 e. The van der Waals surface area contributed by atoms with E-state index in [0.717, 1.165) is 0 Å². The highest BCUT2D eigenvalue weighted by Gasteiger charge is 2.50. The number of ketones is 1. The molecule has 0 amide bonds. The molecule has 1 aromatic rings. The van der Waals surface area contributed by atoms with E-state index >= 15 is 0 Å². The molecule has 2 aliphatic rings. The third-order valence-corrected chi connectivity index (χ3v) is 4.59. The van der Waals surface area contributed by atoms with Crippen LogP contribution in [0.5, 0.6) is 0 Å².